The fourth-order valence-electron chi connectivity index (χ4n) is 3.60. The molecule has 0 aliphatic carbocycles. The van der Waals surface area contributed by atoms with Gasteiger partial charge < -0.3 is 23.8 Å². The Hall–Kier alpha value is -1.77. The van der Waals surface area contributed by atoms with E-state index in [1.165, 1.54) is 6.92 Å². The molecule has 0 unspecified atom stereocenters. The van der Waals surface area contributed by atoms with Crippen LogP contribution in [0.25, 0.3) is 0 Å². The minimum absolute atomic E-state index is 0.367. The van der Waals surface area contributed by atoms with E-state index in [4.69, 9.17) is 23.8 Å². The summed E-state index contributed by atoms with van der Waals surface area (Å²) in [7, 11) is 1.56. The van der Waals surface area contributed by atoms with Gasteiger partial charge in [0.05, 0.1) is 12.6 Å². The summed E-state index contributed by atoms with van der Waals surface area (Å²) in [6.45, 7) is 9.39. The lowest BCUT2D eigenvalue weighted by atomic mass is 10.0. The second-order valence-corrected chi connectivity index (χ2v) is 7.14. The van der Waals surface area contributed by atoms with Gasteiger partial charge in [0.25, 0.3) is 0 Å². The van der Waals surface area contributed by atoms with Crippen LogP contribution in [0.15, 0.2) is 43.0 Å². The number of benzene rings is 1. The summed E-state index contributed by atoms with van der Waals surface area (Å²) >= 11 is 0. The fourth-order valence-corrected chi connectivity index (χ4v) is 3.60. The number of methoxy groups -OCH3 is 1. The molecule has 2 heterocycles. The van der Waals surface area contributed by atoms with Crippen LogP contribution in [0.1, 0.15) is 26.3 Å². The molecule has 0 N–H and O–H groups in total. The zero-order valence-electron chi connectivity index (χ0n) is 16.2. The van der Waals surface area contributed by atoms with Gasteiger partial charge >= 0.3 is 5.97 Å². The van der Waals surface area contributed by atoms with Crippen LogP contribution in [-0.2, 0) is 35.1 Å². The van der Waals surface area contributed by atoms with Crippen molar-refractivity contribution in [3.05, 3.63) is 48.6 Å². The van der Waals surface area contributed by atoms with Crippen LogP contribution in [0.2, 0.25) is 0 Å². The highest BCUT2D eigenvalue weighted by molar-refractivity contribution is 5.65. The lowest BCUT2D eigenvalue weighted by Crippen LogP contribution is -2.48. The van der Waals surface area contributed by atoms with Crippen LogP contribution in [-0.4, -0.2) is 54.6 Å². The summed E-state index contributed by atoms with van der Waals surface area (Å²) in [5.41, 5.74) is 0.993. The van der Waals surface area contributed by atoms with Gasteiger partial charge in [-0.05, 0) is 19.4 Å². The first-order valence-electron chi connectivity index (χ1n) is 9.00. The monoisotopic (exact) mass is 377 g/mol. The van der Waals surface area contributed by atoms with Crippen LogP contribution < -0.4 is 0 Å². The van der Waals surface area contributed by atoms with Gasteiger partial charge in [-0.15, -0.1) is 11.6 Å². The van der Waals surface area contributed by atoms with E-state index in [0.717, 1.165) is 5.56 Å². The highest BCUT2D eigenvalue weighted by Gasteiger charge is 2.58. The Morgan fingerprint density at radius 3 is 2.56 bits per heavy atom. The predicted molar refractivity (Wildman–Crippen MR) is 97.2 cm³/mol. The zero-order valence-corrected chi connectivity index (χ0v) is 16.2. The zero-order chi connectivity index (χ0) is 19.6. The van der Waals surface area contributed by atoms with Gasteiger partial charge in [-0.2, -0.15) is 0 Å². The van der Waals surface area contributed by atoms with Gasteiger partial charge in [0.15, 0.2) is 12.1 Å². The average Bonchev–Trinajstić information content (AvgIpc) is 3.09. The molecular weight excluding hydrogens is 350 g/mol. The van der Waals surface area contributed by atoms with Crippen LogP contribution in [0.4, 0.5) is 0 Å². The van der Waals surface area contributed by atoms with Crippen molar-refractivity contribution in [2.45, 2.75) is 63.7 Å². The molecule has 2 fully saturated rings. The van der Waals surface area contributed by atoms with E-state index in [1.54, 1.807) is 18.2 Å². The summed E-state index contributed by atoms with van der Waals surface area (Å²) < 4.78 is 23.5. The number of hydrogen-bond acceptors (Lipinski definition) is 7. The van der Waals surface area contributed by atoms with E-state index < -0.39 is 30.2 Å². The standard InChI is InChI=1S/C20H27NO6/c1-6-15(21(27-13(2)22)12-14-10-8-7-9-11-14)16-17-18(19(23-5)24-16)26-20(3,4)25-17/h6-11,15-19H,1,12H2,2-5H3/t15-,16-,17+,18+,19+/m1/s1. The molecule has 3 rings (SSSR count). The summed E-state index contributed by atoms with van der Waals surface area (Å²) in [5, 5.41) is 1.57. The van der Waals surface area contributed by atoms with Crippen molar-refractivity contribution in [2.24, 2.45) is 0 Å². The number of fused-ring (bicyclic) bond motifs is 1. The second kappa shape index (κ2) is 8.08. The molecule has 1 aromatic carbocycles. The van der Waals surface area contributed by atoms with E-state index in [1.807, 2.05) is 44.2 Å². The SMILES string of the molecule is C=C[C@H]([C@H]1O[C@H](OC)[C@H]2OC(C)(C)O[C@H]21)N(Cc1ccccc1)OC(C)=O. The molecule has 27 heavy (non-hydrogen) atoms. The number of hydrogen-bond donors (Lipinski definition) is 0. The summed E-state index contributed by atoms with van der Waals surface area (Å²) in [4.78, 5) is 17.2. The highest BCUT2D eigenvalue weighted by Crippen LogP contribution is 2.41. The van der Waals surface area contributed by atoms with E-state index in [0.29, 0.717) is 6.54 Å². The number of carbonyl (C=O) groups excluding carboxylic acids is 1. The first-order chi connectivity index (χ1) is 12.8. The molecule has 0 radical (unpaired) electrons. The maximum atomic E-state index is 11.7. The minimum Gasteiger partial charge on any atom is -0.367 e. The third-order valence-electron chi connectivity index (χ3n) is 4.62. The van der Waals surface area contributed by atoms with Gasteiger partial charge in [-0.3, -0.25) is 4.79 Å². The maximum absolute atomic E-state index is 11.7. The summed E-state index contributed by atoms with van der Waals surface area (Å²) in [6, 6.07) is 9.29. The summed E-state index contributed by atoms with van der Waals surface area (Å²) in [5.74, 6) is -1.16. The van der Waals surface area contributed by atoms with Gasteiger partial charge in [-0.25, -0.2) is 0 Å². The normalized spacial score (nSPS) is 30.1. The molecule has 2 aliphatic heterocycles. The molecule has 0 bridgehead atoms. The summed E-state index contributed by atoms with van der Waals surface area (Å²) in [6.07, 6.45) is -0.0853. The largest absolute Gasteiger partial charge is 0.367 e. The third-order valence-corrected chi connectivity index (χ3v) is 4.62. The molecule has 0 saturated carbocycles. The Bertz CT molecular complexity index is 664. The number of hydroxylamine groups is 2. The fraction of sp³-hybridized carbons (Fsp3) is 0.550. The van der Waals surface area contributed by atoms with E-state index in [9.17, 15) is 4.79 Å². The van der Waals surface area contributed by atoms with Crippen molar-refractivity contribution in [3.63, 3.8) is 0 Å². The Kier molecular flexibility index (Phi) is 5.98. The molecule has 148 valence electrons. The Balaban J connectivity index is 1.85. The van der Waals surface area contributed by atoms with Crippen molar-refractivity contribution in [2.75, 3.05) is 7.11 Å². The molecule has 0 aromatic heterocycles. The van der Waals surface area contributed by atoms with Gasteiger partial charge in [0.1, 0.15) is 18.3 Å². The first kappa shape index (κ1) is 20.0. The topological polar surface area (TPSA) is 66.5 Å². The van der Waals surface area contributed by atoms with Crippen molar-refractivity contribution in [1.29, 1.82) is 0 Å². The lowest BCUT2D eigenvalue weighted by molar-refractivity contribution is -0.250. The Morgan fingerprint density at radius 1 is 1.30 bits per heavy atom. The smallest absolute Gasteiger partial charge is 0.322 e. The average molecular weight is 377 g/mol. The van der Waals surface area contributed by atoms with Crippen molar-refractivity contribution < 1.29 is 28.6 Å². The highest BCUT2D eigenvalue weighted by atomic mass is 16.8. The third kappa shape index (κ3) is 4.39. The molecule has 2 aliphatic rings. The van der Waals surface area contributed by atoms with Gasteiger partial charge in [-0.1, -0.05) is 36.4 Å². The van der Waals surface area contributed by atoms with Crippen LogP contribution in [0, 0.1) is 0 Å². The minimum atomic E-state index is -0.744. The molecule has 2 saturated heterocycles. The molecule has 7 nitrogen and oxygen atoms in total. The van der Waals surface area contributed by atoms with Crippen molar-refractivity contribution in [3.8, 4) is 0 Å². The van der Waals surface area contributed by atoms with E-state index in [2.05, 4.69) is 6.58 Å². The maximum Gasteiger partial charge on any atom is 0.322 e. The van der Waals surface area contributed by atoms with Gasteiger partial charge in [0.2, 0.25) is 0 Å². The quantitative estimate of drug-likeness (QED) is 0.534. The molecule has 5 atom stereocenters. The lowest BCUT2D eigenvalue weighted by Gasteiger charge is -2.33. The van der Waals surface area contributed by atoms with Crippen LogP contribution in [0.5, 0.6) is 0 Å². The van der Waals surface area contributed by atoms with Crippen molar-refractivity contribution >= 4 is 5.97 Å². The second-order valence-electron chi connectivity index (χ2n) is 7.14. The molecule has 7 heteroatoms. The molecule has 0 amide bonds. The molecule has 0 spiro atoms. The Labute approximate surface area is 159 Å². The van der Waals surface area contributed by atoms with Crippen molar-refractivity contribution in [1.82, 2.24) is 5.06 Å². The van der Waals surface area contributed by atoms with Crippen LogP contribution in [0.3, 0.4) is 0 Å². The number of carbonyl (C=O) groups is 1. The van der Waals surface area contributed by atoms with Crippen LogP contribution >= 0.6 is 0 Å². The van der Waals surface area contributed by atoms with E-state index >= 15 is 0 Å². The number of rotatable bonds is 7. The molecule has 1 aromatic rings. The Morgan fingerprint density at radius 2 is 1.96 bits per heavy atom. The van der Waals surface area contributed by atoms with E-state index in [-0.39, 0.29) is 12.2 Å². The van der Waals surface area contributed by atoms with Gasteiger partial charge in [0, 0.05) is 14.0 Å². The number of nitrogens with zero attached hydrogens (tertiary/aromatic N) is 1. The first-order valence-corrected chi connectivity index (χ1v) is 9.00. The molecular formula is C20H27NO6. The number of ether oxygens (including phenoxy) is 4. The predicted octanol–water partition coefficient (Wildman–Crippen LogP) is 2.41.